The number of aliphatic hydroxyl groups excluding tert-OH is 1. The average Bonchev–Trinajstić information content (AvgIpc) is 2.32. The van der Waals surface area contributed by atoms with Crippen LogP contribution in [-0.4, -0.2) is 27.2 Å². The fraction of sp³-hybridized carbons (Fsp3) is 0.692. The van der Waals surface area contributed by atoms with Crippen molar-refractivity contribution in [2.75, 3.05) is 5.32 Å². The van der Waals surface area contributed by atoms with Gasteiger partial charge in [-0.1, -0.05) is 19.8 Å². The molecular weight excluding hydrogens is 294 g/mol. The van der Waals surface area contributed by atoms with Gasteiger partial charge in [0, 0.05) is 12.5 Å². The summed E-state index contributed by atoms with van der Waals surface area (Å²) >= 11 is 3.41. The Labute approximate surface area is 116 Å². The van der Waals surface area contributed by atoms with Crippen molar-refractivity contribution in [3.63, 3.8) is 0 Å². The first-order valence-electron chi connectivity index (χ1n) is 6.67. The van der Waals surface area contributed by atoms with Gasteiger partial charge in [0.15, 0.2) is 0 Å². The third-order valence-corrected chi connectivity index (χ3v) is 3.68. The molecule has 1 heterocycles. The minimum absolute atomic E-state index is 0.120. The molecule has 2 N–H and O–H groups in total. The van der Waals surface area contributed by atoms with Gasteiger partial charge in [0.25, 0.3) is 0 Å². The quantitative estimate of drug-likeness (QED) is 0.839. The van der Waals surface area contributed by atoms with E-state index in [-0.39, 0.29) is 12.1 Å². The lowest BCUT2D eigenvalue weighted by atomic mass is 9.93. The SMILES string of the molecule is CCCc1nc(Br)cc(NC2CCCCC2O)n1. The van der Waals surface area contributed by atoms with Gasteiger partial charge >= 0.3 is 0 Å². The Morgan fingerprint density at radius 3 is 2.89 bits per heavy atom. The Hall–Kier alpha value is -0.680. The van der Waals surface area contributed by atoms with Crippen LogP contribution in [0, 0.1) is 0 Å². The van der Waals surface area contributed by atoms with Gasteiger partial charge in [-0.15, -0.1) is 0 Å². The van der Waals surface area contributed by atoms with Gasteiger partial charge in [-0.25, -0.2) is 9.97 Å². The molecule has 1 saturated carbocycles. The summed E-state index contributed by atoms with van der Waals surface area (Å²) in [6.45, 7) is 2.11. The van der Waals surface area contributed by atoms with Crippen molar-refractivity contribution in [3.05, 3.63) is 16.5 Å². The fourth-order valence-electron chi connectivity index (χ4n) is 2.34. The molecular formula is C13H20BrN3O. The van der Waals surface area contributed by atoms with Crippen molar-refractivity contribution >= 4 is 21.7 Å². The van der Waals surface area contributed by atoms with Crippen molar-refractivity contribution in [2.45, 2.75) is 57.6 Å². The maximum Gasteiger partial charge on any atom is 0.132 e. The molecule has 5 heteroatoms. The van der Waals surface area contributed by atoms with E-state index in [4.69, 9.17) is 0 Å². The summed E-state index contributed by atoms with van der Waals surface area (Å²) in [5, 5.41) is 13.3. The van der Waals surface area contributed by atoms with Crippen molar-refractivity contribution in [1.29, 1.82) is 0 Å². The Balaban J connectivity index is 2.07. The molecule has 0 spiro atoms. The highest BCUT2D eigenvalue weighted by Crippen LogP contribution is 2.22. The lowest BCUT2D eigenvalue weighted by molar-refractivity contribution is 0.116. The lowest BCUT2D eigenvalue weighted by Crippen LogP contribution is -2.36. The number of nitrogens with zero attached hydrogens (tertiary/aromatic N) is 2. The number of halogens is 1. The molecule has 0 aromatic carbocycles. The third kappa shape index (κ3) is 3.65. The summed E-state index contributed by atoms with van der Waals surface area (Å²) in [5.74, 6) is 1.66. The first-order chi connectivity index (χ1) is 8.69. The Bertz CT molecular complexity index is 400. The molecule has 1 aromatic rings. The molecule has 1 aromatic heterocycles. The van der Waals surface area contributed by atoms with Crippen LogP contribution < -0.4 is 5.32 Å². The number of anilines is 1. The van der Waals surface area contributed by atoms with Crippen LogP contribution in [0.5, 0.6) is 0 Å². The predicted molar refractivity (Wildman–Crippen MR) is 75.6 cm³/mol. The molecule has 2 atom stereocenters. The highest BCUT2D eigenvalue weighted by molar-refractivity contribution is 9.10. The van der Waals surface area contributed by atoms with E-state index < -0.39 is 0 Å². The lowest BCUT2D eigenvalue weighted by Gasteiger charge is -2.28. The summed E-state index contributed by atoms with van der Waals surface area (Å²) in [7, 11) is 0. The summed E-state index contributed by atoms with van der Waals surface area (Å²) in [6.07, 6.45) is 5.82. The van der Waals surface area contributed by atoms with E-state index in [1.807, 2.05) is 6.07 Å². The zero-order valence-corrected chi connectivity index (χ0v) is 12.3. The minimum atomic E-state index is -0.262. The summed E-state index contributed by atoms with van der Waals surface area (Å²) in [4.78, 5) is 8.83. The van der Waals surface area contributed by atoms with E-state index in [9.17, 15) is 5.11 Å². The Morgan fingerprint density at radius 2 is 2.17 bits per heavy atom. The summed E-state index contributed by atoms with van der Waals surface area (Å²) < 4.78 is 0.800. The molecule has 2 unspecified atom stereocenters. The molecule has 0 bridgehead atoms. The molecule has 1 fully saturated rings. The highest BCUT2D eigenvalue weighted by atomic mass is 79.9. The van der Waals surface area contributed by atoms with Gasteiger partial charge in [0.1, 0.15) is 16.2 Å². The minimum Gasteiger partial charge on any atom is -0.391 e. The van der Waals surface area contributed by atoms with Crippen LogP contribution in [0.2, 0.25) is 0 Å². The van der Waals surface area contributed by atoms with Crippen LogP contribution in [0.15, 0.2) is 10.7 Å². The van der Waals surface area contributed by atoms with Crippen molar-refractivity contribution in [2.24, 2.45) is 0 Å². The Kier molecular flexibility index (Phi) is 4.95. The topological polar surface area (TPSA) is 58.0 Å². The number of nitrogens with one attached hydrogen (secondary N) is 1. The monoisotopic (exact) mass is 313 g/mol. The van der Waals surface area contributed by atoms with E-state index in [1.165, 1.54) is 6.42 Å². The molecule has 0 amide bonds. The van der Waals surface area contributed by atoms with E-state index in [0.29, 0.717) is 0 Å². The molecule has 2 rings (SSSR count). The van der Waals surface area contributed by atoms with Crippen LogP contribution in [0.4, 0.5) is 5.82 Å². The van der Waals surface area contributed by atoms with E-state index in [1.54, 1.807) is 0 Å². The van der Waals surface area contributed by atoms with Gasteiger partial charge in [-0.3, -0.25) is 0 Å². The van der Waals surface area contributed by atoms with Crippen LogP contribution >= 0.6 is 15.9 Å². The summed E-state index contributed by atoms with van der Waals surface area (Å²) in [6, 6.07) is 2.00. The average molecular weight is 314 g/mol. The van der Waals surface area contributed by atoms with Gasteiger partial charge in [-0.2, -0.15) is 0 Å². The number of hydrogen-bond acceptors (Lipinski definition) is 4. The number of aliphatic hydroxyl groups is 1. The van der Waals surface area contributed by atoms with Crippen molar-refractivity contribution in [3.8, 4) is 0 Å². The third-order valence-electron chi connectivity index (χ3n) is 3.28. The molecule has 0 saturated heterocycles. The maximum absolute atomic E-state index is 9.95. The smallest absolute Gasteiger partial charge is 0.132 e. The van der Waals surface area contributed by atoms with Gasteiger partial charge in [-0.05, 0) is 35.2 Å². The molecule has 1 aliphatic rings. The van der Waals surface area contributed by atoms with E-state index in [0.717, 1.165) is 48.3 Å². The molecule has 0 aliphatic heterocycles. The molecule has 1 aliphatic carbocycles. The highest BCUT2D eigenvalue weighted by Gasteiger charge is 2.23. The maximum atomic E-state index is 9.95. The first kappa shape index (κ1) is 13.7. The number of rotatable bonds is 4. The van der Waals surface area contributed by atoms with Crippen LogP contribution in [-0.2, 0) is 6.42 Å². The Morgan fingerprint density at radius 1 is 1.39 bits per heavy atom. The number of aryl methyl sites for hydroxylation is 1. The van der Waals surface area contributed by atoms with E-state index >= 15 is 0 Å². The molecule has 100 valence electrons. The molecule has 4 nitrogen and oxygen atoms in total. The normalized spacial score (nSPS) is 23.9. The zero-order chi connectivity index (χ0) is 13.0. The second-order valence-corrected chi connectivity index (χ2v) is 5.66. The standard InChI is InChI=1S/C13H20BrN3O/c1-2-5-12-16-11(14)8-13(17-12)15-9-6-3-4-7-10(9)18/h8-10,18H,2-7H2,1H3,(H,15,16,17). The van der Waals surface area contributed by atoms with Gasteiger partial charge in [0.2, 0.25) is 0 Å². The number of hydrogen-bond donors (Lipinski definition) is 2. The van der Waals surface area contributed by atoms with E-state index in [2.05, 4.69) is 38.1 Å². The first-order valence-corrected chi connectivity index (χ1v) is 7.46. The van der Waals surface area contributed by atoms with Gasteiger partial charge < -0.3 is 10.4 Å². The second kappa shape index (κ2) is 6.48. The molecule has 0 radical (unpaired) electrons. The predicted octanol–water partition coefficient (Wildman–Crippen LogP) is 2.91. The second-order valence-electron chi connectivity index (χ2n) is 4.84. The van der Waals surface area contributed by atoms with Crippen LogP contribution in [0.25, 0.3) is 0 Å². The van der Waals surface area contributed by atoms with Crippen LogP contribution in [0.1, 0.15) is 44.9 Å². The van der Waals surface area contributed by atoms with Crippen molar-refractivity contribution in [1.82, 2.24) is 9.97 Å². The number of aromatic nitrogens is 2. The largest absolute Gasteiger partial charge is 0.391 e. The van der Waals surface area contributed by atoms with Gasteiger partial charge in [0.05, 0.1) is 12.1 Å². The summed E-state index contributed by atoms with van der Waals surface area (Å²) in [5.41, 5.74) is 0. The zero-order valence-electron chi connectivity index (χ0n) is 10.7. The van der Waals surface area contributed by atoms with Crippen molar-refractivity contribution < 1.29 is 5.11 Å². The molecule has 18 heavy (non-hydrogen) atoms. The fourth-order valence-corrected chi connectivity index (χ4v) is 2.77. The van der Waals surface area contributed by atoms with Crippen LogP contribution in [0.3, 0.4) is 0 Å².